The number of rotatable bonds is 0. The minimum Gasteiger partial charge on any atom is -0.0533 e. The lowest BCUT2D eigenvalue weighted by atomic mass is 9.14. The molecule has 0 aromatic carbocycles. The normalized spacial score (nSPS) is 61.0. The molecular weight excluding hydrogens is 601 g/mol. The van der Waals surface area contributed by atoms with Crippen molar-refractivity contribution in [3.8, 4) is 0 Å². The van der Waals surface area contributed by atoms with Gasteiger partial charge in [0.25, 0.3) is 0 Å². The third-order valence-electron chi connectivity index (χ3n) is 22.3. The van der Waals surface area contributed by atoms with Crippen LogP contribution < -0.4 is 0 Å². The van der Waals surface area contributed by atoms with Gasteiger partial charge in [-0.25, -0.2) is 0 Å². The van der Waals surface area contributed by atoms with Gasteiger partial charge in [-0.3, -0.25) is 0 Å². The summed E-state index contributed by atoms with van der Waals surface area (Å²) in [4.78, 5) is 0. The highest BCUT2D eigenvalue weighted by atomic mass is 14.9. The minimum absolute atomic E-state index is 1.08. The predicted octanol–water partition coefficient (Wildman–Crippen LogP) is 13.6. The molecule has 0 aromatic heterocycles. The van der Waals surface area contributed by atoms with Gasteiger partial charge in [-0.2, -0.15) is 0 Å². The zero-order chi connectivity index (χ0) is 32.5. The molecule has 0 radical (unpaired) electrons. The Hall–Kier alpha value is 0. The van der Waals surface area contributed by atoms with Crippen LogP contribution in [0.15, 0.2) is 0 Å². The molecule has 12 fully saturated rings. The summed E-state index contributed by atoms with van der Waals surface area (Å²) in [7, 11) is 0. The smallest absolute Gasteiger partial charge is 0.0312 e. The van der Waals surface area contributed by atoms with Crippen LogP contribution in [0.1, 0.15) is 180 Å². The Morgan fingerprint density at radius 3 is 0.680 bits per heavy atom. The first-order valence-corrected chi connectivity index (χ1v) is 24.9. The van der Waals surface area contributed by atoms with Gasteiger partial charge in [-0.05, 0) is 182 Å². The highest BCUT2D eigenvalue weighted by molar-refractivity contribution is 5.32. The molecule has 0 aromatic rings. The standard InChI is InChI=1S/C50H78/c1-2-4-6-14-30-16-8-18-32-20-10-22-34-33(21-9-19-31(32)17-7-15-29(30)13-5-3-1)41-35-23-11-25-37-38(26-12-24-36(35)42(34)41)44-43(37)47-48(44)50-46-40-28-27-39(40)45(46)49(47)50/h29-50H,1-28H2. The lowest BCUT2D eigenvalue weighted by molar-refractivity contribution is -0.431. The second-order valence-electron chi connectivity index (χ2n) is 23.0. The second-order valence-corrected chi connectivity index (χ2v) is 23.0. The lowest BCUT2D eigenvalue weighted by Gasteiger charge is -2.90. The van der Waals surface area contributed by atoms with Crippen molar-refractivity contribution in [2.75, 3.05) is 0 Å². The fraction of sp³-hybridized carbons (Fsp3) is 1.00. The highest BCUT2D eigenvalue weighted by Gasteiger charge is 2.85. The fourth-order valence-electron chi connectivity index (χ4n) is 20.5. The first-order chi connectivity index (χ1) is 24.9. The summed E-state index contributed by atoms with van der Waals surface area (Å²) in [6.45, 7) is 0. The topological polar surface area (TPSA) is 0 Å². The Kier molecular flexibility index (Phi) is 8.24. The van der Waals surface area contributed by atoms with E-state index in [1.807, 2.05) is 0 Å². The molecule has 0 N–H and O–H groups in total. The van der Waals surface area contributed by atoms with E-state index in [2.05, 4.69) is 0 Å². The molecule has 0 nitrogen and oxygen atoms in total. The molecule has 0 saturated heterocycles. The van der Waals surface area contributed by atoms with Gasteiger partial charge in [0.2, 0.25) is 0 Å². The van der Waals surface area contributed by atoms with Gasteiger partial charge in [0.05, 0.1) is 0 Å². The molecule has 0 heteroatoms. The average molecular weight is 679 g/mol. The molecular formula is C50H78. The summed E-state index contributed by atoms with van der Waals surface area (Å²) in [6.07, 6.45) is 44.9. The van der Waals surface area contributed by atoms with Crippen molar-refractivity contribution in [1.82, 2.24) is 0 Å². The maximum atomic E-state index is 1.67. The Labute approximate surface area is 309 Å². The molecule has 22 atom stereocenters. The molecule has 0 heterocycles. The Balaban J connectivity index is 0.672. The van der Waals surface area contributed by atoms with Crippen molar-refractivity contribution in [3.63, 3.8) is 0 Å². The van der Waals surface area contributed by atoms with Crippen LogP contribution in [0.4, 0.5) is 0 Å². The first kappa shape index (κ1) is 32.3. The molecule has 0 bridgehead atoms. The summed E-state index contributed by atoms with van der Waals surface area (Å²) in [5, 5.41) is 0. The highest BCUT2D eigenvalue weighted by Crippen LogP contribution is 2.89. The van der Waals surface area contributed by atoms with Crippen LogP contribution in [0.3, 0.4) is 0 Å². The Morgan fingerprint density at radius 1 is 0.140 bits per heavy atom. The quantitative estimate of drug-likeness (QED) is 0.224. The van der Waals surface area contributed by atoms with Crippen LogP contribution >= 0.6 is 0 Å². The molecule has 0 aliphatic heterocycles. The monoisotopic (exact) mass is 679 g/mol. The van der Waals surface area contributed by atoms with Gasteiger partial charge >= 0.3 is 0 Å². The van der Waals surface area contributed by atoms with E-state index in [4.69, 9.17) is 0 Å². The van der Waals surface area contributed by atoms with Crippen LogP contribution in [0.2, 0.25) is 0 Å². The maximum Gasteiger partial charge on any atom is -0.0312 e. The van der Waals surface area contributed by atoms with Crippen LogP contribution in [0.25, 0.3) is 0 Å². The number of hydrogen-bond acceptors (Lipinski definition) is 0. The van der Waals surface area contributed by atoms with Crippen molar-refractivity contribution in [2.45, 2.75) is 180 Å². The average Bonchev–Trinajstić information content (AvgIpc) is 3.09. The van der Waals surface area contributed by atoms with E-state index < -0.39 is 0 Å². The van der Waals surface area contributed by atoms with Crippen molar-refractivity contribution in [3.05, 3.63) is 0 Å². The van der Waals surface area contributed by atoms with Crippen molar-refractivity contribution in [2.24, 2.45) is 130 Å². The van der Waals surface area contributed by atoms with E-state index in [9.17, 15) is 0 Å². The third-order valence-corrected chi connectivity index (χ3v) is 22.3. The van der Waals surface area contributed by atoms with Gasteiger partial charge in [-0.15, -0.1) is 0 Å². The van der Waals surface area contributed by atoms with E-state index in [-0.39, 0.29) is 0 Å². The molecule has 12 saturated carbocycles. The summed E-state index contributed by atoms with van der Waals surface area (Å²) >= 11 is 0. The Morgan fingerprint density at radius 2 is 0.360 bits per heavy atom. The fourth-order valence-corrected chi connectivity index (χ4v) is 20.5. The van der Waals surface area contributed by atoms with Gasteiger partial charge in [0.1, 0.15) is 0 Å². The van der Waals surface area contributed by atoms with E-state index in [0.29, 0.717) is 0 Å². The third kappa shape index (κ3) is 4.59. The summed E-state index contributed by atoms with van der Waals surface area (Å²) in [5.74, 6) is 26.4. The van der Waals surface area contributed by atoms with Crippen LogP contribution in [-0.4, -0.2) is 0 Å². The zero-order valence-electron chi connectivity index (χ0n) is 32.5. The molecule has 278 valence electrons. The zero-order valence-corrected chi connectivity index (χ0v) is 32.5. The largest absolute Gasteiger partial charge is 0.0533 e. The van der Waals surface area contributed by atoms with E-state index in [0.717, 1.165) is 35.5 Å². The van der Waals surface area contributed by atoms with Crippen LogP contribution in [0, 0.1) is 130 Å². The van der Waals surface area contributed by atoms with E-state index >= 15 is 0 Å². The van der Waals surface area contributed by atoms with E-state index in [1.165, 1.54) is 120 Å². The first-order valence-electron chi connectivity index (χ1n) is 24.9. The summed E-state index contributed by atoms with van der Waals surface area (Å²) in [6, 6.07) is 0. The minimum atomic E-state index is 1.08. The van der Waals surface area contributed by atoms with Crippen molar-refractivity contribution >= 4 is 0 Å². The van der Waals surface area contributed by atoms with Gasteiger partial charge < -0.3 is 0 Å². The summed E-state index contributed by atoms with van der Waals surface area (Å²) < 4.78 is 0. The van der Waals surface area contributed by atoms with Gasteiger partial charge in [-0.1, -0.05) is 128 Å². The molecule has 0 amide bonds. The van der Waals surface area contributed by atoms with Gasteiger partial charge in [0, 0.05) is 0 Å². The van der Waals surface area contributed by atoms with Crippen LogP contribution in [-0.2, 0) is 0 Å². The van der Waals surface area contributed by atoms with Gasteiger partial charge in [0.15, 0.2) is 0 Å². The molecule has 12 aliphatic carbocycles. The predicted molar refractivity (Wildman–Crippen MR) is 206 cm³/mol. The van der Waals surface area contributed by atoms with Crippen molar-refractivity contribution < 1.29 is 0 Å². The molecule has 12 aliphatic rings. The molecule has 22 unspecified atom stereocenters. The maximum absolute atomic E-state index is 1.67. The molecule has 0 spiro atoms. The molecule has 50 heavy (non-hydrogen) atoms. The molecule has 12 rings (SSSR count). The summed E-state index contributed by atoms with van der Waals surface area (Å²) in [5.41, 5.74) is 0. The van der Waals surface area contributed by atoms with Crippen LogP contribution in [0.5, 0.6) is 0 Å². The Bertz CT molecular complexity index is 1140. The second kappa shape index (κ2) is 12.8. The SMILES string of the molecule is C1CCCCC2CCCC3CCCC4C(CCCC3CCCC2CCC1)C1C2CCCC3C(CCCC2C41)C1C3C2C1C1C3C4CCC4C3C21. The van der Waals surface area contributed by atoms with E-state index in [1.54, 1.807) is 154 Å². The van der Waals surface area contributed by atoms with Crippen molar-refractivity contribution in [1.29, 1.82) is 0 Å². The number of fused-ring (bicyclic) bond motifs is 25. The lowest BCUT2D eigenvalue weighted by Crippen LogP contribution is -2.86. The number of hydrogen-bond donors (Lipinski definition) is 0.